The van der Waals surface area contributed by atoms with Gasteiger partial charge in [-0.2, -0.15) is 8.75 Å². The highest BCUT2D eigenvalue weighted by molar-refractivity contribution is 7.09. The van der Waals surface area contributed by atoms with Gasteiger partial charge in [0, 0.05) is 72.5 Å². The lowest BCUT2D eigenvalue weighted by atomic mass is 10.4. The molecule has 0 spiro atoms. The summed E-state index contributed by atoms with van der Waals surface area (Å²) in [4.78, 5) is 21.8. The van der Waals surface area contributed by atoms with E-state index in [1.807, 2.05) is 169 Å². The van der Waals surface area contributed by atoms with Gasteiger partial charge in [0.2, 0.25) is 0 Å². The molecule has 0 aliphatic heterocycles. The monoisotopic (exact) mass is 891 g/mol. The number of oxazole rings is 1. The Labute approximate surface area is 369 Å². The molecule has 0 atom stereocenters. The molecule has 8 rings (SSSR count). The Morgan fingerprint density at radius 1 is 0.678 bits per heavy atom. The Morgan fingerprint density at radius 2 is 1.36 bits per heavy atom. The number of hydrogen-bond acceptors (Lipinski definition) is 17. The number of imidazole rings is 2. The highest BCUT2D eigenvalue weighted by atomic mass is 32.1. The fourth-order valence-corrected chi connectivity index (χ4v) is 4.23. The molecule has 0 fully saturated rings. The molecule has 0 unspecified atom stereocenters. The maximum Gasteiger partial charge on any atom is 0.180 e. The maximum absolute atomic E-state index is 4.72. The van der Waals surface area contributed by atoms with Gasteiger partial charge in [0.05, 0.1) is 52.9 Å². The lowest BCUT2D eigenvalue weighted by molar-refractivity contribution is 0.527. The summed E-state index contributed by atoms with van der Waals surface area (Å²) in [6.45, 7) is 31.8. The summed E-state index contributed by atoms with van der Waals surface area (Å²) >= 11 is 5.98. The second-order valence-corrected chi connectivity index (χ2v) is 13.4. The van der Waals surface area contributed by atoms with Crippen LogP contribution in [0.2, 0.25) is 0 Å². The Balaban J connectivity index is -0.000000286. The van der Waals surface area contributed by atoms with E-state index in [1.54, 1.807) is 54.6 Å². The molecule has 0 aliphatic carbocycles. The molecule has 0 bridgehead atoms. The van der Waals surface area contributed by atoms with Gasteiger partial charge in [-0.3, -0.25) is 9.97 Å². The minimum Gasteiger partial charge on any atom is -0.449 e. The van der Waals surface area contributed by atoms with Gasteiger partial charge < -0.3 is 13.6 Å². The van der Waals surface area contributed by atoms with E-state index in [-0.39, 0.29) is 0 Å². The van der Waals surface area contributed by atoms with Gasteiger partial charge in [0.1, 0.15) is 17.9 Å². The summed E-state index contributed by atoms with van der Waals surface area (Å²) in [5.41, 5.74) is 8.01. The van der Waals surface area contributed by atoms with Crippen LogP contribution in [0.3, 0.4) is 0 Å². The number of rotatable bonds is 0. The van der Waals surface area contributed by atoms with Crippen molar-refractivity contribution in [2.75, 3.05) is 0 Å². The third-order valence-corrected chi connectivity index (χ3v) is 8.30. The van der Waals surface area contributed by atoms with E-state index in [1.165, 1.54) is 56.1 Å². The van der Waals surface area contributed by atoms with Crippen molar-refractivity contribution in [3.63, 3.8) is 0 Å². The van der Waals surface area contributed by atoms with Gasteiger partial charge in [-0.25, -0.2) is 19.6 Å². The van der Waals surface area contributed by atoms with Crippen molar-refractivity contribution in [3.8, 4) is 0 Å². The maximum atomic E-state index is 4.72. The van der Waals surface area contributed by atoms with Crippen LogP contribution in [0.1, 0.15) is 99.5 Å². The van der Waals surface area contributed by atoms with Crippen LogP contribution in [0, 0.1) is 55.4 Å². The standard InChI is InChI=1S/2C5H8N2.C4H6N2S.C4H5NO.2C4H5NS.C3H4N2S.C2H4N4.4C2H6/c1-5-3-6-4-7(5)2;1-5-6-3-4-7(5)2;1-3-4(2)7-6-5-3;1-4-2-5-3-6-4;1-4-2-6-3-5-4;1-4-2-5-3-6-4;1-3-2-4-6-5-3;1-6-2-3-4-5-6;4*1-2/h2*3-4H,1-2H3;1-2H3;3*2-3H,1H3;2*2H,1H3;4*1-2H3. The summed E-state index contributed by atoms with van der Waals surface area (Å²) in [7, 11) is 5.71. The zero-order chi connectivity index (χ0) is 45.9. The highest BCUT2D eigenvalue weighted by Crippen LogP contribution is 2.04. The van der Waals surface area contributed by atoms with Crippen molar-refractivity contribution in [1.82, 2.24) is 72.6 Å². The SMILES string of the molecule is CC.CC.CC.CC.Cc1cncn1C.Cc1cnco1.Cc1cncs1.Cc1cnsn1.Cc1cscn1.Cc1nccn1C.Cc1nnsc1C.Cn1cnnn1. The largest absolute Gasteiger partial charge is 0.449 e. The van der Waals surface area contributed by atoms with Crippen molar-refractivity contribution in [2.45, 2.75) is 111 Å². The van der Waals surface area contributed by atoms with Gasteiger partial charge in [-0.05, 0) is 77.3 Å². The number of nitrogens with zero attached hydrogens (tertiary/aromatic N) is 15. The zero-order valence-electron chi connectivity index (χ0n) is 38.7. The normalized spacial score (nSPS) is 8.25. The number of aryl methyl sites for hydroxylation is 11. The Kier molecular flexibility index (Phi) is 45.5. The first kappa shape index (κ1) is 60.8. The van der Waals surface area contributed by atoms with Crippen LogP contribution in [0.25, 0.3) is 0 Å². The molecule has 8 aromatic rings. The fraction of sp³-hybridized carbons (Fsp3) is 0.487. The average Bonchev–Trinajstić information content (AvgIpc) is 4.10. The predicted molar refractivity (Wildman–Crippen MR) is 249 cm³/mol. The van der Waals surface area contributed by atoms with E-state index < -0.39 is 0 Å². The van der Waals surface area contributed by atoms with E-state index in [2.05, 4.69) is 58.8 Å². The zero-order valence-corrected chi connectivity index (χ0v) is 41.9. The van der Waals surface area contributed by atoms with E-state index in [0.717, 1.165) is 28.7 Å². The second kappa shape index (κ2) is 44.2. The minimum absolute atomic E-state index is 0.856. The van der Waals surface area contributed by atoms with Crippen LogP contribution in [0.4, 0.5) is 0 Å². The summed E-state index contributed by atoms with van der Waals surface area (Å²) in [6.07, 6.45) is 15.5. The summed E-state index contributed by atoms with van der Waals surface area (Å²) in [5.74, 6) is 1.91. The molecule has 0 amide bonds. The summed E-state index contributed by atoms with van der Waals surface area (Å²) in [5, 5.41) is 16.0. The van der Waals surface area contributed by atoms with Crippen LogP contribution in [-0.2, 0) is 21.1 Å². The van der Waals surface area contributed by atoms with Crippen LogP contribution in [0.15, 0.2) is 77.0 Å². The van der Waals surface area contributed by atoms with Crippen LogP contribution in [-0.4, -0.2) is 72.6 Å². The van der Waals surface area contributed by atoms with E-state index >= 15 is 0 Å². The van der Waals surface area contributed by atoms with Gasteiger partial charge >= 0.3 is 0 Å². The number of thiazole rings is 2. The van der Waals surface area contributed by atoms with Gasteiger partial charge in [0.25, 0.3) is 0 Å². The van der Waals surface area contributed by atoms with Crippen molar-refractivity contribution < 1.29 is 4.42 Å². The van der Waals surface area contributed by atoms with Gasteiger partial charge in [-0.15, -0.1) is 32.9 Å². The molecule has 0 N–H and O–H groups in total. The molecule has 0 saturated heterocycles. The smallest absolute Gasteiger partial charge is 0.180 e. The molecule has 330 valence electrons. The predicted octanol–water partition coefficient (Wildman–Crippen LogP) is 10.7. The molecule has 16 nitrogen and oxygen atoms in total. The molecule has 8 heterocycles. The molecule has 0 aliphatic rings. The lowest BCUT2D eigenvalue weighted by Gasteiger charge is -1.87. The molecule has 0 aromatic carbocycles. The van der Waals surface area contributed by atoms with Crippen molar-refractivity contribution in [2.24, 2.45) is 21.1 Å². The number of hydrogen-bond donors (Lipinski definition) is 0. The van der Waals surface area contributed by atoms with Crippen molar-refractivity contribution >= 4 is 45.9 Å². The van der Waals surface area contributed by atoms with E-state index in [9.17, 15) is 0 Å². The lowest BCUT2D eigenvalue weighted by Crippen LogP contribution is -1.86. The molecule has 8 aromatic heterocycles. The summed E-state index contributed by atoms with van der Waals surface area (Å²) in [6, 6.07) is 0. The van der Waals surface area contributed by atoms with Gasteiger partial charge in [-0.1, -0.05) is 59.9 Å². The Morgan fingerprint density at radius 3 is 1.49 bits per heavy atom. The highest BCUT2D eigenvalue weighted by Gasteiger charge is 1.91. The van der Waals surface area contributed by atoms with Crippen molar-refractivity contribution in [1.29, 1.82) is 0 Å². The second-order valence-electron chi connectivity index (χ2n) is 10.0. The molecular formula is C39H69N15OS4. The summed E-state index contributed by atoms with van der Waals surface area (Å²) < 4.78 is 21.5. The van der Waals surface area contributed by atoms with Gasteiger partial charge in [0.15, 0.2) is 6.39 Å². The minimum atomic E-state index is 0.856. The van der Waals surface area contributed by atoms with E-state index in [0.29, 0.717) is 0 Å². The molecular weight excluding hydrogens is 823 g/mol. The number of aromatic nitrogens is 15. The first-order valence-corrected chi connectivity index (χ1v) is 22.3. The first-order valence-electron chi connectivity index (χ1n) is 19.0. The molecule has 0 radical (unpaired) electrons. The van der Waals surface area contributed by atoms with E-state index in [4.69, 9.17) is 4.42 Å². The van der Waals surface area contributed by atoms with Crippen LogP contribution < -0.4 is 0 Å². The topological polar surface area (TPSA) is 183 Å². The average molecular weight is 892 g/mol. The quantitative estimate of drug-likeness (QED) is 0.140. The van der Waals surface area contributed by atoms with Crippen LogP contribution >= 0.6 is 45.9 Å². The Hall–Kier alpha value is -4.92. The number of tetrazole rings is 1. The van der Waals surface area contributed by atoms with Crippen LogP contribution in [0.5, 0.6) is 0 Å². The molecule has 0 saturated carbocycles. The third kappa shape index (κ3) is 38.4. The first-order chi connectivity index (χ1) is 28.4. The molecule has 20 heteroatoms. The van der Waals surface area contributed by atoms with Crippen molar-refractivity contribution in [3.05, 3.63) is 117 Å². The Bertz CT molecular complexity index is 1540. The molecule has 59 heavy (non-hydrogen) atoms. The third-order valence-electron chi connectivity index (χ3n) is 5.59. The fourth-order valence-electron chi connectivity index (χ4n) is 2.39.